The summed E-state index contributed by atoms with van der Waals surface area (Å²) in [7, 11) is 0. The summed E-state index contributed by atoms with van der Waals surface area (Å²) in [5, 5.41) is 7.80. The van der Waals surface area contributed by atoms with Crippen LogP contribution in [0.1, 0.15) is 17.3 Å². The van der Waals surface area contributed by atoms with Crippen molar-refractivity contribution in [3.05, 3.63) is 59.7 Å². The SMILES string of the molecule is O=C1N=NC2c3ccccc3N(c3ccc(CCl)cc3)CN12. The van der Waals surface area contributed by atoms with E-state index < -0.39 is 0 Å². The molecule has 2 aliphatic rings. The standard InChI is InChI=1S/C16H13ClN4O/c17-9-11-5-7-12(8-6-11)20-10-21-15(18-19-16(21)22)13-3-1-2-4-14(13)20/h1-8,15H,9-10H2. The van der Waals surface area contributed by atoms with Crippen molar-refractivity contribution in [3.8, 4) is 0 Å². The van der Waals surface area contributed by atoms with Gasteiger partial charge in [0.25, 0.3) is 0 Å². The molecule has 5 nitrogen and oxygen atoms in total. The maximum absolute atomic E-state index is 11.9. The molecule has 4 rings (SSSR count). The molecule has 2 heterocycles. The highest BCUT2D eigenvalue weighted by Crippen LogP contribution is 2.42. The lowest BCUT2D eigenvalue weighted by Crippen LogP contribution is -2.42. The van der Waals surface area contributed by atoms with Gasteiger partial charge in [-0.3, -0.25) is 4.90 Å². The van der Waals surface area contributed by atoms with Gasteiger partial charge >= 0.3 is 6.03 Å². The molecule has 0 fully saturated rings. The summed E-state index contributed by atoms with van der Waals surface area (Å²) in [4.78, 5) is 15.7. The fraction of sp³-hybridized carbons (Fsp3) is 0.188. The molecular formula is C16H13ClN4O. The Morgan fingerprint density at radius 1 is 1.14 bits per heavy atom. The number of carbonyl (C=O) groups is 1. The van der Waals surface area contributed by atoms with Crippen LogP contribution in [0.3, 0.4) is 0 Å². The van der Waals surface area contributed by atoms with Crippen LogP contribution in [0.15, 0.2) is 58.8 Å². The van der Waals surface area contributed by atoms with Gasteiger partial charge in [-0.1, -0.05) is 35.4 Å². The zero-order chi connectivity index (χ0) is 15.1. The molecule has 6 heteroatoms. The van der Waals surface area contributed by atoms with E-state index in [4.69, 9.17) is 11.6 Å². The quantitative estimate of drug-likeness (QED) is 0.771. The zero-order valence-electron chi connectivity index (χ0n) is 11.7. The second-order valence-corrected chi connectivity index (χ2v) is 5.54. The van der Waals surface area contributed by atoms with Gasteiger partial charge in [-0.25, -0.2) is 4.79 Å². The van der Waals surface area contributed by atoms with Crippen molar-refractivity contribution in [3.63, 3.8) is 0 Å². The summed E-state index contributed by atoms with van der Waals surface area (Å²) >= 11 is 5.85. The lowest BCUT2D eigenvalue weighted by atomic mass is 10.1. The van der Waals surface area contributed by atoms with E-state index in [0.29, 0.717) is 12.5 Å². The third-order valence-corrected chi connectivity index (χ3v) is 4.30. The lowest BCUT2D eigenvalue weighted by Gasteiger charge is -2.38. The molecular weight excluding hydrogens is 300 g/mol. The molecule has 2 aromatic carbocycles. The van der Waals surface area contributed by atoms with E-state index in [2.05, 4.69) is 15.1 Å². The minimum absolute atomic E-state index is 0.290. The molecule has 1 atom stereocenters. The van der Waals surface area contributed by atoms with Crippen LogP contribution in [0.5, 0.6) is 0 Å². The van der Waals surface area contributed by atoms with E-state index in [-0.39, 0.29) is 12.2 Å². The first-order valence-electron chi connectivity index (χ1n) is 7.01. The molecule has 2 aromatic rings. The van der Waals surface area contributed by atoms with E-state index in [1.165, 1.54) is 0 Å². The van der Waals surface area contributed by atoms with E-state index in [0.717, 1.165) is 22.5 Å². The lowest BCUT2D eigenvalue weighted by molar-refractivity contribution is 0.199. The summed E-state index contributed by atoms with van der Waals surface area (Å²) in [5.74, 6) is 0.487. The van der Waals surface area contributed by atoms with Gasteiger partial charge in [0.05, 0.1) is 5.69 Å². The van der Waals surface area contributed by atoms with Crippen LogP contribution in [0.25, 0.3) is 0 Å². The first-order chi connectivity index (χ1) is 10.8. The second kappa shape index (κ2) is 5.10. The Balaban J connectivity index is 1.79. The molecule has 0 spiro atoms. The number of fused-ring (bicyclic) bond motifs is 3. The highest BCUT2D eigenvalue weighted by molar-refractivity contribution is 6.17. The van der Waals surface area contributed by atoms with Gasteiger partial charge in [0.1, 0.15) is 6.67 Å². The van der Waals surface area contributed by atoms with Crippen LogP contribution in [0.2, 0.25) is 0 Å². The van der Waals surface area contributed by atoms with Crippen LogP contribution in [0.4, 0.5) is 16.2 Å². The van der Waals surface area contributed by atoms with Crippen molar-refractivity contribution in [2.24, 2.45) is 10.2 Å². The minimum atomic E-state index is -0.304. The van der Waals surface area contributed by atoms with Gasteiger partial charge in [-0.2, -0.15) is 5.11 Å². The number of para-hydroxylation sites is 1. The molecule has 22 heavy (non-hydrogen) atoms. The number of rotatable bonds is 2. The van der Waals surface area contributed by atoms with Gasteiger partial charge in [-0.15, -0.1) is 11.6 Å². The third kappa shape index (κ3) is 1.97. The molecule has 0 N–H and O–H groups in total. The number of benzene rings is 2. The van der Waals surface area contributed by atoms with Crippen molar-refractivity contribution in [2.75, 3.05) is 11.6 Å². The van der Waals surface area contributed by atoms with Crippen molar-refractivity contribution in [1.29, 1.82) is 0 Å². The van der Waals surface area contributed by atoms with Gasteiger partial charge in [0.15, 0.2) is 6.17 Å². The van der Waals surface area contributed by atoms with Crippen LogP contribution in [0, 0.1) is 0 Å². The summed E-state index contributed by atoms with van der Waals surface area (Å²) in [6, 6.07) is 15.7. The fourth-order valence-electron chi connectivity index (χ4n) is 2.86. The number of carbonyl (C=O) groups excluding carboxylic acids is 1. The molecule has 2 amide bonds. The number of azo groups is 1. The Labute approximate surface area is 132 Å². The summed E-state index contributed by atoms with van der Waals surface area (Å²) in [6.07, 6.45) is -0.304. The Morgan fingerprint density at radius 3 is 2.68 bits per heavy atom. The predicted octanol–water partition coefficient (Wildman–Crippen LogP) is 4.42. The average molecular weight is 313 g/mol. The monoisotopic (exact) mass is 312 g/mol. The molecule has 0 aliphatic carbocycles. The number of urea groups is 1. The number of hydrogen-bond acceptors (Lipinski definition) is 3. The topological polar surface area (TPSA) is 48.3 Å². The summed E-state index contributed by atoms with van der Waals surface area (Å²) in [6.45, 7) is 0.438. The second-order valence-electron chi connectivity index (χ2n) is 5.27. The van der Waals surface area contributed by atoms with Crippen molar-refractivity contribution in [1.82, 2.24) is 4.90 Å². The molecule has 0 aromatic heterocycles. The first-order valence-corrected chi connectivity index (χ1v) is 7.54. The predicted molar refractivity (Wildman–Crippen MR) is 84.3 cm³/mol. The number of anilines is 2. The van der Waals surface area contributed by atoms with Crippen LogP contribution in [-0.4, -0.2) is 17.6 Å². The summed E-state index contributed by atoms with van der Waals surface area (Å²) < 4.78 is 0. The Bertz CT molecular complexity index is 759. The number of halogens is 1. The van der Waals surface area contributed by atoms with Gasteiger partial charge in [-0.05, 0) is 23.8 Å². The van der Waals surface area contributed by atoms with Crippen LogP contribution >= 0.6 is 11.6 Å². The highest BCUT2D eigenvalue weighted by Gasteiger charge is 2.38. The Kier molecular flexibility index (Phi) is 3.08. The molecule has 1 unspecified atom stereocenters. The largest absolute Gasteiger partial charge is 0.365 e. The maximum Gasteiger partial charge on any atom is 0.365 e. The normalized spacial score (nSPS) is 19.3. The van der Waals surface area contributed by atoms with Crippen molar-refractivity contribution in [2.45, 2.75) is 12.0 Å². The van der Waals surface area contributed by atoms with E-state index in [1.54, 1.807) is 4.90 Å². The number of hydrogen-bond donors (Lipinski definition) is 0. The van der Waals surface area contributed by atoms with Crippen molar-refractivity contribution < 1.29 is 4.79 Å². The molecule has 0 bridgehead atoms. The highest BCUT2D eigenvalue weighted by atomic mass is 35.5. The zero-order valence-corrected chi connectivity index (χ0v) is 12.4. The van der Waals surface area contributed by atoms with Gasteiger partial charge in [0.2, 0.25) is 0 Å². The van der Waals surface area contributed by atoms with Gasteiger partial charge in [0, 0.05) is 17.1 Å². The first kappa shape index (κ1) is 13.3. The average Bonchev–Trinajstić information content (AvgIpc) is 2.96. The third-order valence-electron chi connectivity index (χ3n) is 4.00. The fourth-order valence-corrected chi connectivity index (χ4v) is 3.04. The maximum atomic E-state index is 11.9. The van der Waals surface area contributed by atoms with Crippen LogP contribution in [-0.2, 0) is 5.88 Å². The molecule has 0 saturated heterocycles. The number of nitrogens with zero attached hydrogens (tertiary/aromatic N) is 4. The molecule has 110 valence electrons. The summed E-state index contributed by atoms with van der Waals surface area (Å²) in [5.41, 5.74) is 4.12. The smallest absolute Gasteiger partial charge is 0.323 e. The Hall–Kier alpha value is -2.40. The van der Waals surface area contributed by atoms with E-state index in [1.807, 2.05) is 48.5 Å². The minimum Gasteiger partial charge on any atom is -0.323 e. The number of amides is 2. The molecule has 0 saturated carbocycles. The van der Waals surface area contributed by atoms with E-state index in [9.17, 15) is 4.79 Å². The van der Waals surface area contributed by atoms with Crippen molar-refractivity contribution >= 4 is 29.0 Å². The Morgan fingerprint density at radius 2 is 1.91 bits per heavy atom. The van der Waals surface area contributed by atoms with E-state index >= 15 is 0 Å². The molecule has 2 aliphatic heterocycles. The van der Waals surface area contributed by atoms with Gasteiger partial charge < -0.3 is 4.90 Å². The van der Waals surface area contributed by atoms with Crippen LogP contribution < -0.4 is 4.90 Å². The molecule has 0 radical (unpaired) electrons. The number of alkyl halides is 1.